The highest BCUT2D eigenvalue weighted by molar-refractivity contribution is 14.1. The zero-order valence-corrected chi connectivity index (χ0v) is 20.6. The number of benzene rings is 1. The SMILES string of the molecule is COC1=CC(=O)N(C(CC2CCCC2)C(=O)Nc2nn(Cc3cccc(C#N)c3)cc2I)C1. The van der Waals surface area contributed by atoms with Gasteiger partial charge < -0.3 is 15.0 Å². The highest BCUT2D eigenvalue weighted by atomic mass is 127. The Kier molecular flexibility index (Phi) is 7.33. The molecule has 33 heavy (non-hydrogen) atoms. The maximum atomic E-state index is 13.4. The minimum Gasteiger partial charge on any atom is -0.499 e. The lowest BCUT2D eigenvalue weighted by Crippen LogP contribution is -2.46. The van der Waals surface area contributed by atoms with Crippen molar-refractivity contribution in [3.05, 3.63) is 57.0 Å². The lowest BCUT2D eigenvalue weighted by atomic mass is 9.97. The molecule has 1 aromatic carbocycles. The van der Waals surface area contributed by atoms with E-state index in [1.165, 1.54) is 26.0 Å². The summed E-state index contributed by atoms with van der Waals surface area (Å²) in [6.45, 7) is 0.791. The number of methoxy groups -OCH3 is 1. The third kappa shape index (κ3) is 5.55. The highest BCUT2D eigenvalue weighted by Gasteiger charge is 2.36. The van der Waals surface area contributed by atoms with E-state index in [1.54, 1.807) is 15.6 Å². The van der Waals surface area contributed by atoms with Crippen LogP contribution in [0.4, 0.5) is 5.82 Å². The Hall–Kier alpha value is -2.87. The maximum absolute atomic E-state index is 13.4. The third-order valence-electron chi connectivity index (χ3n) is 6.23. The number of hydrogen-bond acceptors (Lipinski definition) is 5. The normalized spacial score (nSPS) is 17.1. The largest absolute Gasteiger partial charge is 0.499 e. The summed E-state index contributed by atoms with van der Waals surface area (Å²) >= 11 is 2.15. The fourth-order valence-corrected chi connectivity index (χ4v) is 5.09. The molecule has 1 aliphatic heterocycles. The van der Waals surface area contributed by atoms with Crippen molar-refractivity contribution >= 4 is 40.2 Å². The molecule has 2 aromatic rings. The van der Waals surface area contributed by atoms with Gasteiger partial charge in [-0.05, 0) is 52.6 Å². The average Bonchev–Trinajstić information content (AvgIpc) is 3.53. The van der Waals surface area contributed by atoms with Gasteiger partial charge in [-0.3, -0.25) is 14.3 Å². The number of amides is 2. The number of carbonyl (C=O) groups excluding carboxylic acids is 2. The number of ether oxygens (including phenoxy) is 1. The average molecular weight is 559 g/mol. The number of halogens is 1. The fraction of sp³-hybridized carbons (Fsp3) is 0.417. The molecule has 1 aromatic heterocycles. The number of anilines is 1. The van der Waals surface area contributed by atoms with E-state index in [0.717, 1.165) is 22.0 Å². The Morgan fingerprint density at radius 2 is 2.18 bits per heavy atom. The minimum atomic E-state index is -0.572. The van der Waals surface area contributed by atoms with Crippen LogP contribution in [0.3, 0.4) is 0 Å². The minimum absolute atomic E-state index is 0.192. The van der Waals surface area contributed by atoms with Crippen LogP contribution in [-0.4, -0.2) is 46.2 Å². The lowest BCUT2D eigenvalue weighted by Gasteiger charge is -2.29. The molecule has 0 saturated heterocycles. The molecule has 1 saturated carbocycles. The summed E-state index contributed by atoms with van der Waals surface area (Å²) in [7, 11) is 1.54. The van der Waals surface area contributed by atoms with E-state index >= 15 is 0 Å². The number of rotatable bonds is 8. The molecule has 9 heteroatoms. The van der Waals surface area contributed by atoms with Crippen LogP contribution in [0.25, 0.3) is 0 Å². The van der Waals surface area contributed by atoms with Gasteiger partial charge >= 0.3 is 0 Å². The molecule has 172 valence electrons. The standard InChI is InChI=1S/C24H26IN5O3/c1-33-19-11-22(31)30(14-19)21(10-16-5-2-3-6-16)24(32)27-23-20(25)15-29(28-23)13-18-8-4-7-17(9-18)12-26/h4,7-9,11,15-16,21H,2-3,5-6,10,13-14H2,1H3,(H,27,28,32). The summed E-state index contributed by atoms with van der Waals surface area (Å²) in [5.74, 6) is 1.06. The Labute approximate surface area is 206 Å². The topological polar surface area (TPSA) is 100 Å². The zero-order valence-electron chi connectivity index (χ0n) is 18.5. The second kappa shape index (κ2) is 10.4. The van der Waals surface area contributed by atoms with Crippen molar-refractivity contribution in [3.63, 3.8) is 0 Å². The van der Waals surface area contributed by atoms with Gasteiger partial charge in [0.05, 0.1) is 35.4 Å². The Morgan fingerprint density at radius 1 is 1.39 bits per heavy atom. The molecular weight excluding hydrogens is 533 g/mol. The number of hydrogen-bond donors (Lipinski definition) is 1. The maximum Gasteiger partial charge on any atom is 0.251 e. The summed E-state index contributed by atoms with van der Waals surface area (Å²) in [4.78, 5) is 27.6. The first-order valence-corrected chi connectivity index (χ1v) is 12.1. The van der Waals surface area contributed by atoms with Crippen molar-refractivity contribution in [3.8, 4) is 6.07 Å². The molecule has 0 bridgehead atoms. The Balaban J connectivity index is 1.49. The van der Waals surface area contributed by atoms with E-state index in [9.17, 15) is 9.59 Å². The van der Waals surface area contributed by atoms with Crippen LogP contribution in [0.1, 0.15) is 43.2 Å². The quantitative estimate of drug-likeness (QED) is 0.498. The number of carbonyl (C=O) groups is 2. The summed E-state index contributed by atoms with van der Waals surface area (Å²) in [5, 5.41) is 16.6. The molecule has 1 atom stereocenters. The van der Waals surface area contributed by atoms with E-state index in [2.05, 4.69) is 39.1 Å². The highest BCUT2D eigenvalue weighted by Crippen LogP contribution is 2.31. The van der Waals surface area contributed by atoms with Crippen LogP contribution in [0.2, 0.25) is 0 Å². The molecule has 1 aliphatic carbocycles. The molecular formula is C24H26IN5O3. The number of nitrogens with one attached hydrogen (secondary N) is 1. The van der Waals surface area contributed by atoms with E-state index in [-0.39, 0.29) is 11.8 Å². The smallest absolute Gasteiger partial charge is 0.251 e. The second-order valence-electron chi connectivity index (χ2n) is 8.51. The summed E-state index contributed by atoms with van der Waals surface area (Å²) < 4.78 is 7.80. The molecule has 0 radical (unpaired) electrons. The van der Waals surface area contributed by atoms with Gasteiger partial charge in [0.25, 0.3) is 5.91 Å². The number of nitriles is 1. The molecule has 8 nitrogen and oxygen atoms in total. The predicted molar refractivity (Wildman–Crippen MR) is 131 cm³/mol. The molecule has 1 unspecified atom stereocenters. The van der Waals surface area contributed by atoms with Crippen molar-refractivity contribution < 1.29 is 14.3 Å². The first kappa shape index (κ1) is 23.3. The van der Waals surface area contributed by atoms with Crippen molar-refractivity contribution in [1.82, 2.24) is 14.7 Å². The molecule has 0 spiro atoms. The van der Waals surface area contributed by atoms with Crippen molar-refractivity contribution in [2.45, 2.75) is 44.7 Å². The number of nitrogens with zero attached hydrogens (tertiary/aromatic N) is 4. The van der Waals surface area contributed by atoms with Crippen LogP contribution in [0, 0.1) is 20.8 Å². The third-order valence-corrected chi connectivity index (χ3v) is 7.01. The second-order valence-corrected chi connectivity index (χ2v) is 9.67. The lowest BCUT2D eigenvalue weighted by molar-refractivity contribution is -0.134. The Bertz CT molecular complexity index is 1110. The van der Waals surface area contributed by atoms with Gasteiger partial charge in [0.2, 0.25) is 5.91 Å². The fourth-order valence-electron chi connectivity index (χ4n) is 4.53. The van der Waals surface area contributed by atoms with Gasteiger partial charge in [0.1, 0.15) is 11.8 Å². The summed E-state index contributed by atoms with van der Waals surface area (Å²) in [5.41, 5.74) is 1.54. The van der Waals surface area contributed by atoms with Crippen LogP contribution < -0.4 is 5.32 Å². The van der Waals surface area contributed by atoms with E-state index in [4.69, 9.17) is 10.00 Å². The molecule has 2 aliphatic rings. The molecule has 4 rings (SSSR count). The monoisotopic (exact) mass is 559 g/mol. The van der Waals surface area contributed by atoms with Crippen molar-refractivity contribution in [1.29, 1.82) is 5.26 Å². The van der Waals surface area contributed by atoms with Gasteiger partial charge in [0, 0.05) is 12.3 Å². The molecule has 2 heterocycles. The van der Waals surface area contributed by atoms with Gasteiger partial charge in [-0.2, -0.15) is 10.4 Å². The van der Waals surface area contributed by atoms with Gasteiger partial charge in [-0.25, -0.2) is 0 Å². The van der Waals surface area contributed by atoms with Crippen LogP contribution in [0.5, 0.6) is 0 Å². The molecule has 1 N–H and O–H groups in total. The van der Waals surface area contributed by atoms with Gasteiger partial charge in [0.15, 0.2) is 5.82 Å². The summed E-state index contributed by atoms with van der Waals surface area (Å²) in [6, 6.07) is 8.93. The molecule has 2 amide bonds. The number of aromatic nitrogens is 2. The van der Waals surface area contributed by atoms with Crippen molar-refractivity contribution in [2.75, 3.05) is 19.0 Å². The summed E-state index contributed by atoms with van der Waals surface area (Å²) in [6.07, 6.45) is 8.47. The molecule has 1 fully saturated rings. The first-order valence-electron chi connectivity index (χ1n) is 11.0. The van der Waals surface area contributed by atoms with E-state index in [0.29, 0.717) is 42.6 Å². The Morgan fingerprint density at radius 3 is 2.88 bits per heavy atom. The van der Waals surface area contributed by atoms with Gasteiger partial charge in [-0.15, -0.1) is 0 Å². The first-order chi connectivity index (χ1) is 16.0. The predicted octanol–water partition coefficient (Wildman–Crippen LogP) is 3.67. The van der Waals surface area contributed by atoms with Gasteiger partial charge in [-0.1, -0.05) is 37.8 Å². The van der Waals surface area contributed by atoms with E-state index < -0.39 is 6.04 Å². The van der Waals surface area contributed by atoms with E-state index in [1.807, 2.05) is 24.4 Å². The van der Waals surface area contributed by atoms with Crippen molar-refractivity contribution in [2.24, 2.45) is 5.92 Å². The van der Waals surface area contributed by atoms with Crippen LogP contribution in [0.15, 0.2) is 42.3 Å². The zero-order chi connectivity index (χ0) is 23.4. The van der Waals surface area contributed by atoms with Crippen LogP contribution in [-0.2, 0) is 20.9 Å². The van der Waals surface area contributed by atoms with Crippen LogP contribution >= 0.6 is 22.6 Å².